The van der Waals surface area contributed by atoms with Gasteiger partial charge in [-0.1, -0.05) is 0 Å². The zero-order valence-electron chi connectivity index (χ0n) is 14.0. The minimum Gasteiger partial charge on any atom is -0.372 e. The van der Waals surface area contributed by atoms with E-state index in [0.717, 1.165) is 18.8 Å². The molecule has 0 radical (unpaired) electrons. The van der Waals surface area contributed by atoms with Gasteiger partial charge in [0.2, 0.25) is 5.91 Å². The molecule has 0 bridgehead atoms. The van der Waals surface area contributed by atoms with Crippen molar-refractivity contribution in [2.75, 3.05) is 34.8 Å². The summed E-state index contributed by atoms with van der Waals surface area (Å²) in [7, 11) is -2.85. The zero-order chi connectivity index (χ0) is 17.0. The van der Waals surface area contributed by atoms with Gasteiger partial charge in [-0.15, -0.1) is 0 Å². The van der Waals surface area contributed by atoms with Crippen molar-refractivity contribution in [3.05, 3.63) is 24.3 Å². The summed E-state index contributed by atoms with van der Waals surface area (Å²) < 4.78 is 22.9. The molecule has 1 unspecified atom stereocenters. The van der Waals surface area contributed by atoms with Gasteiger partial charge in [-0.05, 0) is 62.3 Å². The first kappa shape index (κ1) is 17.3. The van der Waals surface area contributed by atoms with Gasteiger partial charge in [0.1, 0.15) is 0 Å². The molecule has 1 amide bonds. The third kappa shape index (κ3) is 4.72. The van der Waals surface area contributed by atoms with Crippen LogP contribution in [0.4, 0.5) is 11.4 Å². The van der Waals surface area contributed by atoms with E-state index >= 15 is 0 Å². The predicted octanol–water partition coefficient (Wildman–Crippen LogP) is 2.83. The van der Waals surface area contributed by atoms with Crippen molar-refractivity contribution in [2.24, 2.45) is 5.92 Å². The van der Waals surface area contributed by atoms with E-state index in [1.807, 2.05) is 12.1 Å². The number of amides is 1. The third-order valence-corrected chi connectivity index (χ3v) is 6.82. The normalized spacial score (nSPS) is 23.2. The standard InChI is InChI=1S/C18H26N2O3S/c21-18(9-4-15-10-13-24(22,23)14-15)19-16-5-7-17(8-6-16)20-11-2-1-3-12-20/h5-8,15H,1-4,9-14H2,(H,19,21). The molecule has 0 spiro atoms. The van der Waals surface area contributed by atoms with Gasteiger partial charge in [-0.3, -0.25) is 4.79 Å². The predicted molar refractivity (Wildman–Crippen MR) is 97.1 cm³/mol. The summed E-state index contributed by atoms with van der Waals surface area (Å²) >= 11 is 0. The molecule has 2 heterocycles. The van der Waals surface area contributed by atoms with Crippen LogP contribution in [-0.2, 0) is 14.6 Å². The van der Waals surface area contributed by atoms with Crippen LogP contribution < -0.4 is 10.2 Å². The molecular formula is C18H26N2O3S. The quantitative estimate of drug-likeness (QED) is 0.887. The molecule has 1 aromatic carbocycles. The number of nitrogens with one attached hydrogen (secondary N) is 1. The number of carbonyl (C=O) groups excluding carboxylic acids is 1. The molecule has 1 N–H and O–H groups in total. The number of sulfone groups is 1. The highest BCUT2D eigenvalue weighted by molar-refractivity contribution is 7.91. The minimum atomic E-state index is -2.85. The third-order valence-electron chi connectivity index (χ3n) is 4.98. The van der Waals surface area contributed by atoms with Crippen molar-refractivity contribution in [1.29, 1.82) is 0 Å². The summed E-state index contributed by atoms with van der Waals surface area (Å²) in [6.07, 6.45) is 5.53. The van der Waals surface area contributed by atoms with E-state index in [0.29, 0.717) is 19.3 Å². The lowest BCUT2D eigenvalue weighted by atomic mass is 10.0. The Morgan fingerprint density at radius 3 is 2.46 bits per heavy atom. The second kappa shape index (κ2) is 7.55. The molecule has 2 fully saturated rings. The number of nitrogens with zero attached hydrogens (tertiary/aromatic N) is 1. The van der Waals surface area contributed by atoms with Gasteiger partial charge in [0.25, 0.3) is 0 Å². The fraction of sp³-hybridized carbons (Fsp3) is 0.611. The fourth-order valence-corrected chi connectivity index (χ4v) is 5.48. The van der Waals surface area contributed by atoms with Crippen LogP contribution in [0.1, 0.15) is 38.5 Å². The molecular weight excluding hydrogens is 324 g/mol. The van der Waals surface area contributed by atoms with E-state index in [2.05, 4.69) is 22.3 Å². The molecule has 2 aliphatic rings. The Balaban J connectivity index is 1.46. The lowest BCUT2D eigenvalue weighted by Crippen LogP contribution is -2.29. The van der Waals surface area contributed by atoms with Crippen molar-refractivity contribution in [3.63, 3.8) is 0 Å². The van der Waals surface area contributed by atoms with E-state index in [1.54, 1.807) is 0 Å². The Hall–Kier alpha value is -1.56. The van der Waals surface area contributed by atoms with Crippen LogP contribution in [0.5, 0.6) is 0 Å². The summed E-state index contributed by atoms with van der Waals surface area (Å²) in [5, 5.41) is 2.91. The van der Waals surface area contributed by atoms with Crippen molar-refractivity contribution in [3.8, 4) is 0 Å². The summed E-state index contributed by atoms with van der Waals surface area (Å²) in [4.78, 5) is 14.4. The number of hydrogen-bond donors (Lipinski definition) is 1. The molecule has 5 nitrogen and oxygen atoms in total. The van der Waals surface area contributed by atoms with Gasteiger partial charge in [-0.25, -0.2) is 8.42 Å². The molecule has 3 rings (SSSR count). The molecule has 6 heteroatoms. The number of hydrogen-bond acceptors (Lipinski definition) is 4. The van der Waals surface area contributed by atoms with Crippen LogP contribution in [0.15, 0.2) is 24.3 Å². The molecule has 2 saturated heterocycles. The summed E-state index contributed by atoms with van der Waals surface area (Å²) in [5.41, 5.74) is 2.02. The molecule has 24 heavy (non-hydrogen) atoms. The Morgan fingerprint density at radius 1 is 1.12 bits per heavy atom. The lowest BCUT2D eigenvalue weighted by Gasteiger charge is -2.28. The molecule has 132 valence electrons. The van der Waals surface area contributed by atoms with Gasteiger partial charge in [0.05, 0.1) is 11.5 Å². The smallest absolute Gasteiger partial charge is 0.224 e. The van der Waals surface area contributed by atoms with Crippen molar-refractivity contribution < 1.29 is 13.2 Å². The van der Waals surface area contributed by atoms with E-state index in [1.165, 1.54) is 24.9 Å². The second-order valence-corrected chi connectivity index (χ2v) is 9.18. The average Bonchev–Trinajstić information content (AvgIpc) is 2.94. The maximum Gasteiger partial charge on any atom is 0.224 e. The zero-order valence-corrected chi connectivity index (χ0v) is 14.9. The summed E-state index contributed by atoms with van der Waals surface area (Å²) in [6, 6.07) is 8.01. The minimum absolute atomic E-state index is 0.0370. The topological polar surface area (TPSA) is 66.5 Å². The maximum absolute atomic E-state index is 12.0. The van der Waals surface area contributed by atoms with Gasteiger partial charge >= 0.3 is 0 Å². The average molecular weight is 350 g/mol. The van der Waals surface area contributed by atoms with Crippen molar-refractivity contribution in [2.45, 2.75) is 38.5 Å². The number of rotatable bonds is 5. The van der Waals surface area contributed by atoms with Crippen molar-refractivity contribution >= 4 is 27.1 Å². The van der Waals surface area contributed by atoms with Gasteiger partial charge in [0, 0.05) is 30.9 Å². The highest BCUT2D eigenvalue weighted by atomic mass is 32.2. The molecule has 0 aromatic heterocycles. The number of carbonyl (C=O) groups is 1. The largest absolute Gasteiger partial charge is 0.372 e. The molecule has 1 aromatic rings. The summed E-state index contributed by atoms with van der Waals surface area (Å²) in [5.74, 6) is 0.620. The first-order valence-electron chi connectivity index (χ1n) is 8.87. The van der Waals surface area contributed by atoms with Crippen LogP contribution >= 0.6 is 0 Å². The van der Waals surface area contributed by atoms with Gasteiger partial charge in [0.15, 0.2) is 9.84 Å². The van der Waals surface area contributed by atoms with Crippen LogP contribution in [0.2, 0.25) is 0 Å². The van der Waals surface area contributed by atoms with Gasteiger partial charge in [-0.2, -0.15) is 0 Å². The highest BCUT2D eigenvalue weighted by Crippen LogP contribution is 2.24. The monoisotopic (exact) mass is 350 g/mol. The lowest BCUT2D eigenvalue weighted by molar-refractivity contribution is -0.116. The Kier molecular flexibility index (Phi) is 5.43. The van der Waals surface area contributed by atoms with Crippen molar-refractivity contribution in [1.82, 2.24) is 0 Å². The molecule has 2 aliphatic heterocycles. The Bertz CT molecular complexity index is 664. The van der Waals surface area contributed by atoms with E-state index in [-0.39, 0.29) is 23.3 Å². The second-order valence-electron chi connectivity index (χ2n) is 6.95. The first-order chi connectivity index (χ1) is 11.5. The molecule has 0 aliphatic carbocycles. The summed E-state index contributed by atoms with van der Waals surface area (Å²) in [6.45, 7) is 2.21. The Labute approximate surface area is 144 Å². The van der Waals surface area contributed by atoms with E-state index in [9.17, 15) is 13.2 Å². The number of benzene rings is 1. The number of anilines is 2. The van der Waals surface area contributed by atoms with Crippen LogP contribution in [0.3, 0.4) is 0 Å². The van der Waals surface area contributed by atoms with E-state index < -0.39 is 9.84 Å². The highest BCUT2D eigenvalue weighted by Gasteiger charge is 2.27. The Morgan fingerprint density at radius 2 is 1.83 bits per heavy atom. The SMILES string of the molecule is O=C(CCC1CCS(=O)(=O)C1)Nc1ccc(N2CCCCC2)cc1. The maximum atomic E-state index is 12.0. The molecule has 0 saturated carbocycles. The van der Waals surface area contributed by atoms with Crippen LogP contribution in [0, 0.1) is 5.92 Å². The fourth-order valence-electron chi connectivity index (χ4n) is 3.57. The van der Waals surface area contributed by atoms with Crippen LogP contribution in [-0.4, -0.2) is 38.9 Å². The molecule has 1 atom stereocenters. The number of piperidine rings is 1. The van der Waals surface area contributed by atoms with Gasteiger partial charge < -0.3 is 10.2 Å². The first-order valence-corrected chi connectivity index (χ1v) is 10.7. The van der Waals surface area contributed by atoms with Crippen LogP contribution in [0.25, 0.3) is 0 Å². The van der Waals surface area contributed by atoms with E-state index in [4.69, 9.17) is 0 Å².